The highest BCUT2D eigenvalue weighted by atomic mass is 35.5. The Morgan fingerprint density at radius 1 is 1.50 bits per heavy atom. The zero-order valence-electron chi connectivity index (χ0n) is 5.07. The summed E-state index contributed by atoms with van der Waals surface area (Å²) >= 11 is 5.55. The lowest BCUT2D eigenvalue weighted by molar-refractivity contribution is 0.0263. The van der Waals surface area contributed by atoms with Gasteiger partial charge in [-0.25, -0.2) is 0 Å². The van der Waals surface area contributed by atoms with E-state index in [9.17, 15) is 0 Å². The second-order valence-corrected chi connectivity index (χ2v) is 2.99. The Labute approximate surface area is 62.9 Å². The summed E-state index contributed by atoms with van der Waals surface area (Å²) in [6.45, 7) is 0. The van der Waals surface area contributed by atoms with Gasteiger partial charge in [-0.1, -0.05) is 11.6 Å². The molecule has 1 aliphatic carbocycles. The number of aliphatic hydroxyl groups excluding tert-OH is 2. The number of hydrogen-bond donors (Lipinski definition) is 2. The van der Waals surface area contributed by atoms with Crippen LogP contribution in [0, 0.1) is 0 Å². The first kappa shape index (κ1) is 6.61. The minimum absolute atomic E-state index is 0.0640. The molecule has 56 valence electrons. The molecule has 0 radical (unpaired) electrons. The molecule has 2 rings (SSSR count). The van der Waals surface area contributed by atoms with E-state index in [4.69, 9.17) is 26.6 Å². The molecule has 1 aliphatic heterocycles. The molecule has 4 heteroatoms. The minimum atomic E-state index is -0.953. The molecule has 0 aromatic heterocycles. The Hall–Kier alpha value is -0.0900. The molecule has 0 saturated carbocycles. The molecule has 0 unspecified atom stereocenters. The molecule has 4 atom stereocenters. The SMILES string of the molecule is O[C@H]1[C@H]2O[C@H]2C=C(Cl)[C@H]1O. The van der Waals surface area contributed by atoms with Crippen LogP contribution in [0.1, 0.15) is 0 Å². The van der Waals surface area contributed by atoms with Gasteiger partial charge < -0.3 is 14.9 Å². The second kappa shape index (κ2) is 1.95. The Bertz CT molecular complexity index is 191. The lowest BCUT2D eigenvalue weighted by Gasteiger charge is -2.17. The zero-order chi connectivity index (χ0) is 7.30. The van der Waals surface area contributed by atoms with Crippen molar-refractivity contribution in [1.82, 2.24) is 0 Å². The number of fused-ring (bicyclic) bond motifs is 1. The fourth-order valence-corrected chi connectivity index (χ4v) is 1.40. The largest absolute Gasteiger partial charge is 0.387 e. The van der Waals surface area contributed by atoms with Gasteiger partial charge in [-0.2, -0.15) is 0 Å². The number of halogens is 1. The molecular weight excluding hydrogens is 156 g/mol. The Balaban J connectivity index is 2.23. The Kier molecular flexibility index (Phi) is 1.29. The van der Waals surface area contributed by atoms with E-state index in [1.54, 1.807) is 6.08 Å². The van der Waals surface area contributed by atoms with E-state index in [0.29, 0.717) is 0 Å². The maximum Gasteiger partial charge on any atom is 0.118 e. The number of epoxide rings is 1. The van der Waals surface area contributed by atoms with Crippen LogP contribution in [0.15, 0.2) is 11.1 Å². The molecule has 0 amide bonds. The van der Waals surface area contributed by atoms with Gasteiger partial charge in [0.15, 0.2) is 0 Å². The average molecular weight is 163 g/mol. The van der Waals surface area contributed by atoms with E-state index in [0.717, 1.165) is 0 Å². The van der Waals surface area contributed by atoms with Gasteiger partial charge in [-0.15, -0.1) is 0 Å². The van der Waals surface area contributed by atoms with E-state index in [2.05, 4.69) is 0 Å². The van der Waals surface area contributed by atoms with Crippen LogP contribution in [-0.4, -0.2) is 34.6 Å². The monoisotopic (exact) mass is 162 g/mol. The van der Waals surface area contributed by atoms with Crippen molar-refractivity contribution < 1.29 is 14.9 Å². The van der Waals surface area contributed by atoms with Gasteiger partial charge >= 0.3 is 0 Å². The third-order valence-electron chi connectivity index (χ3n) is 1.83. The maximum absolute atomic E-state index is 9.16. The van der Waals surface area contributed by atoms with Crippen molar-refractivity contribution in [2.24, 2.45) is 0 Å². The smallest absolute Gasteiger partial charge is 0.118 e. The fourth-order valence-electron chi connectivity index (χ4n) is 1.14. The molecule has 1 heterocycles. The quantitative estimate of drug-likeness (QED) is 0.477. The van der Waals surface area contributed by atoms with Crippen LogP contribution in [0.4, 0.5) is 0 Å². The van der Waals surface area contributed by atoms with Crippen molar-refractivity contribution in [3.63, 3.8) is 0 Å². The van der Waals surface area contributed by atoms with Crippen LogP contribution >= 0.6 is 11.6 Å². The van der Waals surface area contributed by atoms with Gasteiger partial charge in [0.05, 0.1) is 0 Å². The predicted octanol–water partition coefficient (Wildman–Crippen LogP) is -0.388. The van der Waals surface area contributed by atoms with Gasteiger partial charge in [0.1, 0.15) is 24.4 Å². The number of rotatable bonds is 0. The van der Waals surface area contributed by atoms with Gasteiger partial charge in [0.25, 0.3) is 0 Å². The second-order valence-electron chi connectivity index (χ2n) is 2.55. The normalized spacial score (nSPS) is 51.7. The molecule has 1 saturated heterocycles. The Morgan fingerprint density at radius 2 is 2.20 bits per heavy atom. The molecule has 0 aromatic rings. The third kappa shape index (κ3) is 0.787. The summed E-state index contributed by atoms with van der Waals surface area (Å²) < 4.78 is 4.96. The van der Waals surface area contributed by atoms with Crippen LogP contribution in [0.25, 0.3) is 0 Å². The van der Waals surface area contributed by atoms with E-state index < -0.39 is 12.2 Å². The van der Waals surface area contributed by atoms with Crippen LogP contribution in [0.2, 0.25) is 0 Å². The first-order valence-corrected chi connectivity index (χ1v) is 3.47. The summed E-state index contributed by atoms with van der Waals surface area (Å²) in [6, 6.07) is 0. The molecule has 0 bridgehead atoms. The molecule has 2 aliphatic rings. The fraction of sp³-hybridized carbons (Fsp3) is 0.667. The summed E-state index contributed by atoms with van der Waals surface area (Å²) in [5.41, 5.74) is 0. The summed E-state index contributed by atoms with van der Waals surface area (Å²) in [5.74, 6) is 0. The van der Waals surface area contributed by atoms with Crippen LogP contribution < -0.4 is 0 Å². The van der Waals surface area contributed by atoms with Gasteiger partial charge in [0.2, 0.25) is 0 Å². The lowest BCUT2D eigenvalue weighted by Crippen LogP contribution is -2.34. The van der Waals surface area contributed by atoms with Crippen molar-refractivity contribution in [3.05, 3.63) is 11.1 Å². The first-order chi connectivity index (χ1) is 4.70. The molecule has 2 N–H and O–H groups in total. The summed E-state index contributed by atoms with van der Waals surface area (Å²) in [7, 11) is 0. The zero-order valence-corrected chi connectivity index (χ0v) is 5.82. The summed E-state index contributed by atoms with van der Waals surface area (Å²) in [5, 5.41) is 18.6. The average Bonchev–Trinajstić information content (AvgIpc) is 2.62. The minimum Gasteiger partial charge on any atom is -0.387 e. The van der Waals surface area contributed by atoms with Crippen molar-refractivity contribution in [2.75, 3.05) is 0 Å². The lowest BCUT2D eigenvalue weighted by atomic mass is 10.0. The van der Waals surface area contributed by atoms with Crippen molar-refractivity contribution in [2.45, 2.75) is 24.4 Å². The van der Waals surface area contributed by atoms with Crippen LogP contribution in [0.3, 0.4) is 0 Å². The molecule has 10 heavy (non-hydrogen) atoms. The summed E-state index contributed by atoms with van der Waals surface area (Å²) in [4.78, 5) is 0. The number of ether oxygens (including phenoxy) is 1. The Morgan fingerprint density at radius 3 is 2.90 bits per heavy atom. The van der Waals surface area contributed by atoms with E-state index in [1.165, 1.54) is 0 Å². The van der Waals surface area contributed by atoms with Gasteiger partial charge in [0, 0.05) is 5.03 Å². The number of hydrogen-bond acceptors (Lipinski definition) is 3. The van der Waals surface area contributed by atoms with Crippen molar-refractivity contribution >= 4 is 11.6 Å². The van der Waals surface area contributed by atoms with Gasteiger partial charge in [-0.05, 0) is 6.08 Å². The topological polar surface area (TPSA) is 53.0 Å². The summed E-state index contributed by atoms with van der Waals surface area (Å²) in [6.07, 6.45) is -0.458. The van der Waals surface area contributed by atoms with Gasteiger partial charge in [-0.3, -0.25) is 0 Å². The molecule has 3 nitrogen and oxygen atoms in total. The highest BCUT2D eigenvalue weighted by Crippen LogP contribution is 2.36. The predicted molar refractivity (Wildman–Crippen MR) is 34.6 cm³/mol. The van der Waals surface area contributed by atoms with Crippen LogP contribution in [-0.2, 0) is 4.74 Å². The highest BCUT2D eigenvalue weighted by molar-refractivity contribution is 6.30. The van der Waals surface area contributed by atoms with E-state index in [-0.39, 0.29) is 17.2 Å². The highest BCUT2D eigenvalue weighted by Gasteiger charge is 2.50. The van der Waals surface area contributed by atoms with E-state index in [1.807, 2.05) is 0 Å². The van der Waals surface area contributed by atoms with Crippen LogP contribution in [0.5, 0.6) is 0 Å². The molecular formula is C6H7ClO3. The third-order valence-corrected chi connectivity index (χ3v) is 2.18. The first-order valence-electron chi connectivity index (χ1n) is 3.09. The maximum atomic E-state index is 9.16. The van der Waals surface area contributed by atoms with E-state index >= 15 is 0 Å². The standard InChI is InChI=1S/C6H7ClO3/c7-2-1-3-6(10-3)5(9)4(2)8/h1,3-6,8-9H/t3-,4+,5+,6-/m0/s1. The number of aliphatic hydroxyl groups is 2. The van der Waals surface area contributed by atoms with Crippen molar-refractivity contribution in [1.29, 1.82) is 0 Å². The molecule has 0 aromatic carbocycles. The molecule has 1 fully saturated rings. The molecule has 0 spiro atoms. The van der Waals surface area contributed by atoms with Crippen molar-refractivity contribution in [3.8, 4) is 0 Å².